The lowest BCUT2D eigenvalue weighted by Gasteiger charge is -2.31. The summed E-state index contributed by atoms with van der Waals surface area (Å²) in [6.45, 7) is 6.48. The topological polar surface area (TPSA) is 84.7 Å². The predicted molar refractivity (Wildman–Crippen MR) is 105 cm³/mol. The number of ether oxygens (including phenoxy) is 1. The van der Waals surface area contributed by atoms with Gasteiger partial charge in [0.05, 0.1) is 6.10 Å². The highest BCUT2D eigenvalue weighted by Gasteiger charge is 2.27. The fraction of sp³-hybridized carbons (Fsp3) is 0.579. The van der Waals surface area contributed by atoms with Crippen LogP contribution in [0.3, 0.4) is 0 Å². The maximum Gasteiger partial charge on any atom is 0.253 e. The number of amides is 2. The predicted octanol–water partition coefficient (Wildman–Crippen LogP) is 2.47. The number of nitrogens with one attached hydrogen (secondary N) is 1. The quantitative estimate of drug-likeness (QED) is 0.559. The molecule has 0 atom stereocenters. The van der Waals surface area contributed by atoms with E-state index in [-0.39, 0.29) is 36.2 Å². The molecule has 1 aromatic rings. The molecule has 1 fully saturated rings. The van der Waals surface area contributed by atoms with Gasteiger partial charge in [0.25, 0.3) is 5.91 Å². The van der Waals surface area contributed by atoms with E-state index in [0.717, 1.165) is 6.42 Å². The van der Waals surface area contributed by atoms with Crippen molar-refractivity contribution in [2.24, 2.45) is 5.92 Å². The zero-order valence-electron chi connectivity index (χ0n) is 15.6. The van der Waals surface area contributed by atoms with Crippen LogP contribution in [-0.4, -0.2) is 49.1 Å². The molecule has 0 saturated carbocycles. The summed E-state index contributed by atoms with van der Waals surface area (Å²) in [6, 6.07) is 7.02. The molecule has 26 heavy (non-hydrogen) atoms. The normalized spacial score (nSPS) is 14.8. The van der Waals surface area contributed by atoms with Crippen LogP contribution in [0.15, 0.2) is 24.3 Å². The maximum atomic E-state index is 12.5. The van der Waals surface area contributed by atoms with Crippen LogP contribution < -0.4 is 11.1 Å². The van der Waals surface area contributed by atoms with Crippen molar-refractivity contribution in [2.45, 2.75) is 39.2 Å². The van der Waals surface area contributed by atoms with Gasteiger partial charge in [0.2, 0.25) is 5.91 Å². The Hall–Kier alpha value is -1.79. The van der Waals surface area contributed by atoms with Gasteiger partial charge in [0.1, 0.15) is 0 Å². The van der Waals surface area contributed by atoms with E-state index in [4.69, 9.17) is 10.5 Å². The van der Waals surface area contributed by atoms with E-state index in [1.54, 1.807) is 29.2 Å². The standard InChI is InChI=1S/C19H29N3O3.ClH/c1-14(2)25-12-4-9-21-18(23)15-7-10-22(11-8-15)19(24)16-5-3-6-17(20)13-16;/h3,5-6,13-15H,4,7-12,20H2,1-2H3,(H,21,23);1H. The number of rotatable bonds is 7. The molecule has 6 nitrogen and oxygen atoms in total. The van der Waals surface area contributed by atoms with Gasteiger partial charge < -0.3 is 20.7 Å². The minimum Gasteiger partial charge on any atom is -0.399 e. The highest BCUT2D eigenvalue weighted by Crippen LogP contribution is 2.20. The third-order valence-electron chi connectivity index (χ3n) is 4.36. The Balaban J connectivity index is 0.00000338. The van der Waals surface area contributed by atoms with Gasteiger partial charge >= 0.3 is 0 Å². The van der Waals surface area contributed by atoms with Crippen LogP contribution in [-0.2, 0) is 9.53 Å². The van der Waals surface area contributed by atoms with Crippen molar-refractivity contribution in [2.75, 3.05) is 32.0 Å². The van der Waals surface area contributed by atoms with Crippen molar-refractivity contribution < 1.29 is 14.3 Å². The number of nitrogens with two attached hydrogens (primary N) is 1. The average Bonchev–Trinajstić information content (AvgIpc) is 2.60. The molecule has 7 heteroatoms. The zero-order valence-corrected chi connectivity index (χ0v) is 16.4. The first-order valence-electron chi connectivity index (χ1n) is 9.01. The number of nitrogens with zero attached hydrogens (tertiary/aromatic N) is 1. The third kappa shape index (κ3) is 6.84. The van der Waals surface area contributed by atoms with Crippen LogP contribution in [0.25, 0.3) is 0 Å². The number of carbonyl (C=O) groups excluding carboxylic acids is 2. The smallest absolute Gasteiger partial charge is 0.253 e. The van der Waals surface area contributed by atoms with Crippen molar-refractivity contribution in [1.29, 1.82) is 0 Å². The minimum atomic E-state index is -0.0177. The lowest BCUT2D eigenvalue weighted by Crippen LogP contribution is -2.43. The first-order chi connectivity index (χ1) is 12.0. The third-order valence-corrected chi connectivity index (χ3v) is 4.36. The number of nitrogen functional groups attached to an aromatic ring is 1. The molecule has 0 radical (unpaired) electrons. The molecule has 2 amide bonds. The molecule has 2 rings (SSSR count). The van der Waals surface area contributed by atoms with E-state index in [2.05, 4.69) is 5.32 Å². The molecular formula is C19H30ClN3O3. The number of benzene rings is 1. The second-order valence-electron chi connectivity index (χ2n) is 6.76. The lowest BCUT2D eigenvalue weighted by atomic mass is 9.95. The van der Waals surface area contributed by atoms with E-state index >= 15 is 0 Å². The summed E-state index contributed by atoms with van der Waals surface area (Å²) in [5.74, 6) is 0.0495. The fourth-order valence-electron chi connectivity index (χ4n) is 2.95. The highest BCUT2D eigenvalue weighted by molar-refractivity contribution is 5.95. The molecule has 146 valence electrons. The molecule has 0 aromatic heterocycles. The van der Waals surface area contributed by atoms with Gasteiger partial charge in [-0.15, -0.1) is 12.4 Å². The molecule has 0 bridgehead atoms. The summed E-state index contributed by atoms with van der Waals surface area (Å²) >= 11 is 0. The Labute approximate surface area is 161 Å². The van der Waals surface area contributed by atoms with Gasteiger partial charge in [-0.25, -0.2) is 0 Å². The van der Waals surface area contributed by atoms with Crippen molar-refractivity contribution in [3.8, 4) is 0 Å². The maximum absolute atomic E-state index is 12.5. The summed E-state index contributed by atoms with van der Waals surface area (Å²) in [7, 11) is 0. The van der Waals surface area contributed by atoms with Crippen molar-refractivity contribution in [1.82, 2.24) is 10.2 Å². The molecule has 1 heterocycles. The van der Waals surface area contributed by atoms with Crippen LogP contribution in [0.4, 0.5) is 5.69 Å². The lowest BCUT2D eigenvalue weighted by molar-refractivity contribution is -0.126. The molecular weight excluding hydrogens is 354 g/mol. The van der Waals surface area contributed by atoms with E-state index < -0.39 is 0 Å². The molecule has 0 aliphatic carbocycles. The molecule has 3 N–H and O–H groups in total. The van der Waals surface area contributed by atoms with Crippen molar-refractivity contribution >= 4 is 29.9 Å². The van der Waals surface area contributed by atoms with Crippen LogP contribution in [0.5, 0.6) is 0 Å². The molecule has 0 unspecified atom stereocenters. The van der Waals surface area contributed by atoms with Crippen LogP contribution in [0.1, 0.15) is 43.5 Å². The highest BCUT2D eigenvalue weighted by atomic mass is 35.5. The number of likely N-dealkylation sites (tertiary alicyclic amines) is 1. The second kappa shape index (κ2) is 11.0. The van der Waals surface area contributed by atoms with Crippen molar-refractivity contribution in [3.63, 3.8) is 0 Å². The summed E-state index contributed by atoms with van der Waals surface area (Å²) in [4.78, 5) is 26.5. The first-order valence-corrected chi connectivity index (χ1v) is 9.01. The Bertz CT molecular complexity index is 587. The largest absolute Gasteiger partial charge is 0.399 e. The molecule has 0 spiro atoms. The summed E-state index contributed by atoms with van der Waals surface area (Å²) < 4.78 is 5.46. The average molecular weight is 384 g/mol. The second-order valence-corrected chi connectivity index (χ2v) is 6.76. The molecule has 1 saturated heterocycles. The summed E-state index contributed by atoms with van der Waals surface area (Å²) in [5.41, 5.74) is 6.93. The summed E-state index contributed by atoms with van der Waals surface area (Å²) in [6.07, 6.45) is 2.43. The van der Waals surface area contributed by atoms with Crippen LogP contribution in [0, 0.1) is 5.92 Å². The Kier molecular flexibility index (Phi) is 9.44. The van der Waals surface area contributed by atoms with E-state index in [0.29, 0.717) is 50.3 Å². The Morgan fingerprint density at radius 3 is 2.62 bits per heavy atom. The number of hydrogen-bond acceptors (Lipinski definition) is 4. The van der Waals surface area contributed by atoms with Gasteiger partial charge in [-0.3, -0.25) is 9.59 Å². The molecule has 1 aromatic carbocycles. The van der Waals surface area contributed by atoms with Gasteiger partial charge in [-0.1, -0.05) is 6.07 Å². The van der Waals surface area contributed by atoms with Crippen LogP contribution >= 0.6 is 12.4 Å². The summed E-state index contributed by atoms with van der Waals surface area (Å²) in [5, 5.41) is 2.97. The molecule has 1 aliphatic rings. The zero-order chi connectivity index (χ0) is 18.2. The fourth-order valence-corrected chi connectivity index (χ4v) is 2.95. The monoisotopic (exact) mass is 383 g/mol. The number of anilines is 1. The SMILES string of the molecule is CC(C)OCCCNC(=O)C1CCN(C(=O)c2cccc(N)c2)CC1.Cl. The van der Waals surface area contributed by atoms with Gasteiger partial charge in [0, 0.05) is 43.4 Å². The number of halogens is 1. The van der Waals surface area contributed by atoms with Gasteiger partial charge in [0.15, 0.2) is 0 Å². The van der Waals surface area contributed by atoms with E-state index in [1.807, 2.05) is 13.8 Å². The van der Waals surface area contributed by atoms with E-state index in [9.17, 15) is 9.59 Å². The van der Waals surface area contributed by atoms with Gasteiger partial charge in [-0.05, 0) is 51.3 Å². The molecule has 1 aliphatic heterocycles. The van der Waals surface area contributed by atoms with Crippen LogP contribution in [0.2, 0.25) is 0 Å². The number of carbonyl (C=O) groups is 2. The minimum absolute atomic E-state index is 0. The van der Waals surface area contributed by atoms with E-state index in [1.165, 1.54) is 0 Å². The first kappa shape index (κ1) is 22.3. The Morgan fingerprint density at radius 1 is 1.31 bits per heavy atom. The van der Waals surface area contributed by atoms with Crippen molar-refractivity contribution in [3.05, 3.63) is 29.8 Å². The number of hydrogen-bond donors (Lipinski definition) is 2. The Morgan fingerprint density at radius 2 is 2.00 bits per heavy atom. The number of piperidine rings is 1. The van der Waals surface area contributed by atoms with Gasteiger partial charge in [-0.2, -0.15) is 0 Å².